The lowest BCUT2D eigenvalue weighted by Crippen LogP contribution is -2.17. The molecule has 1 saturated carbocycles. The van der Waals surface area contributed by atoms with Crippen LogP contribution >= 0.6 is 23.3 Å². The van der Waals surface area contributed by atoms with Gasteiger partial charge in [-0.1, -0.05) is 18.0 Å². The molecule has 0 amide bonds. The van der Waals surface area contributed by atoms with E-state index in [1.807, 2.05) is 18.2 Å². The molecule has 1 aliphatic rings. The highest BCUT2D eigenvalue weighted by molar-refractivity contribution is 7.96. The highest BCUT2D eigenvalue weighted by atomic mass is 32.2. The third-order valence-corrected chi connectivity index (χ3v) is 6.59. The van der Waals surface area contributed by atoms with Crippen molar-refractivity contribution in [1.29, 1.82) is 5.26 Å². The van der Waals surface area contributed by atoms with Gasteiger partial charge in [-0.25, -0.2) is 4.98 Å². The number of nitrogens with zero attached hydrogens (tertiary/aromatic N) is 4. The molecule has 0 radical (unpaired) electrons. The van der Waals surface area contributed by atoms with E-state index in [1.165, 1.54) is 23.6 Å². The zero-order valence-corrected chi connectivity index (χ0v) is 20.1. The van der Waals surface area contributed by atoms with Gasteiger partial charge in [0, 0.05) is 16.8 Å². The van der Waals surface area contributed by atoms with Crippen LogP contribution in [0.4, 0.5) is 24.0 Å². The summed E-state index contributed by atoms with van der Waals surface area (Å²) >= 11 is 3.02. The fourth-order valence-electron chi connectivity index (χ4n) is 3.02. The van der Waals surface area contributed by atoms with Crippen molar-refractivity contribution in [2.24, 2.45) is 0 Å². The van der Waals surface area contributed by atoms with Crippen molar-refractivity contribution in [3.8, 4) is 6.07 Å². The number of anilines is 2. The fourth-order valence-corrected chi connectivity index (χ4v) is 4.24. The molecule has 2 aromatic heterocycles. The van der Waals surface area contributed by atoms with Crippen molar-refractivity contribution in [3.63, 3.8) is 0 Å². The van der Waals surface area contributed by atoms with Gasteiger partial charge >= 0.3 is 6.18 Å². The van der Waals surface area contributed by atoms with Crippen molar-refractivity contribution >= 4 is 40.4 Å². The molecule has 178 valence electrons. The maximum absolute atomic E-state index is 12.8. The van der Waals surface area contributed by atoms with E-state index >= 15 is 0 Å². The van der Waals surface area contributed by atoms with E-state index in [-0.39, 0.29) is 6.54 Å². The first-order valence-electron chi connectivity index (χ1n) is 10.3. The van der Waals surface area contributed by atoms with Crippen LogP contribution in [0.5, 0.6) is 0 Å². The first-order valence-corrected chi connectivity index (χ1v) is 12.3. The largest absolute Gasteiger partial charge is 0.433 e. The molecule has 1 aromatic carbocycles. The van der Waals surface area contributed by atoms with Gasteiger partial charge in [-0.15, -0.1) is 11.3 Å². The second-order valence-corrected chi connectivity index (χ2v) is 9.17. The number of hydrogen-bond donors (Lipinski definition) is 1. The molecule has 3 aromatic rings. The van der Waals surface area contributed by atoms with Gasteiger partial charge < -0.3 is 4.90 Å². The summed E-state index contributed by atoms with van der Waals surface area (Å²) in [6.45, 7) is 0.215. The van der Waals surface area contributed by atoms with Gasteiger partial charge in [-0.3, -0.25) is 14.5 Å². The van der Waals surface area contributed by atoms with E-state index in [1.54, 1.807) is 36.2 Å². The second kappa shape index (κ2) is 11.5. The number of alkyl halides is 3. The number of rotatable bonds is 7. The van der Waals surface area contributed by atoms with Gasteiger partial charge in [-0.05, 0) is 68.0 Å². The molecule has 0 bridgehead atoms. The zero-order chi connectivity index (χ0) is 24.7. The number of thiazole rings is 1. The number of halogens is 3. The highest BCUT2D eigenvalue weighted by Gasteiger charge is 2.33. The van der Waals surface area contributed by atoms with Crippen LogP contribution in [0.3, 0.4) is 0 Å². The molecule has 0 atom stereocenters. The van der Waals surface area contributed by atoms with Crippen molar-refractivity contribution in [1.82, 2.24) is 14.7 Å². The number of carbonyl (C=O) groups excluding carboxylic acids is 1. The van der Waals surface area contributed by atoms with Crippen LogP contribution in [0.15, 0.2) is 42.6 Å². The number of nitrogens with one attached hydrogen (secondary N) is 1. The molecule has 0 spiro atoms. The first kappa shape index (κ1) is 25.7. The maximum atomic E-state index is 12.8. The third-order valence-electron chi connectivity index (χ3n) is 4.93. The fraction of sp³-hybridized carbons (Fsp3) is 0.304. The lowest BCUT2D eigenvalue weighted by atomic mass is 10.2. The summed E-state index contributed by atoms with van der Waals surface area (Å²) < 4.78 is 41.3. The summed E-state index contributed by atoms with van der Waals surface area (Å²) in [7, 11) is 1.89. The Bertz CT molecular complexity index is 1140. The lowest BCUT2D eigenvalue weighted by molar-refractivity contribution is -0.141. The Balaban J connectivity index is 0.000000751. The zero-order valence-electron chi connectivity index (χ0n) is 18.5. The Morgan fingerprint density at radius 2 is 1.94 bits per heavy atom. The number of nitriles is 1. The SMILES string of the molecule is CNSC.N#Cc1ccc(N(Cc2ccc(C(F)(F)F)nc2)c2nc(C=O)c(C3CC3)s2)cc1. The van der Waals surface area contributed by atoms with E-state index in [0.29, 0.717) is 33.6 Å². The Morgan fingerprint density at radius 3 is 2.41 bits per heavy atom. The summed E-state index contributed by atoms with van der Waals surface area (Å²) in [5, 5.41) is 9.61. The average molecular weight is 506 g/mol. The van der Waals surface area contributed by atoms with Crippen molar-refractivity contribution < 1.29 is 18.0 Å². The predicted molar refractivity (Wildman–Crippen MR) is 128 cm³/mol. The maximum Gasteiger partial charge on any atom is 0.433 e. The quantitative estimate of drug-likeness (QED) is 0.314. The van der Waals surface area contributed by atoms with Gasteiger partial charge in [0.2, 0.25) is 0 Å². The second-order valence-electron chi connectivity index (χ2n) is 7.34. The number of hydrogen-bond acceptors (Lipinski definition) is 8. The van der Waals surface area contributed by atoms with Gasteiger partial charge in [0.05, 0.1) is 18.2 Å². The number of aldehydes is 1. The van der Waals surface area contributed by atoms with Crippen LogP contribution in [-0.4, -0.2) is 29.6 Å². The van der Waals surface area contributed by atoms with Crippen LogP contribution in [0, 0.1) is 11.3 Å². The minimum atomic E-state index is -4.50. The van der Waals surface area contributed by atoms with Crippen LogP contribution in [0.25, 0.3) is 0 Å². The number of carbonyl (C=O) groups is 1. The number of pyridine rings is 1. The van der Waals surface area contributed by atoms with E-state index in [4.69, 9.17) is 5.26 Å². The van der Waals surface area contributed by atoms with Crippen molar-refractivity contribution in [2.75, 3.05) is 18.2 Å². The Morgan fingerprint density at radius 1 is 1.26 bits per heavy atom. The van der Waals surface area contributed by atoms with E-state index < -0.39 is 11.9 Å². The Hall–Kier alpha value is -2.94. The highest BCUT2D eigenvalue weighted by Crippen LogP contribution is 2.46. The standard InChI is InChI=1S/C21H15F3N4OS.C2H7NS/c22-21(23,24)18-8-3-14(10-26-18)11-28(16-6-1-13(9-25)2-7-16)20-27-17(12-29)19(30-20)15-4-5-15;1-3-4-2/h1-3,6-8,10,12,15H,4-5,11H2;3H,1-2H3. The molecule has 4 rings (SSSR count). The molecular formula is C23H22F3N5OS2. The van der Waals surface area contributed by atoms with E-state index in [0.717, 1.165) is 30.1 Å². The Labute approximate surface area is 204 Å². The molecule has 1 fully saturated rings. The smallest absolute Gasteiger partial charge is 0.313 e. The first-order chi connectivity index (χ1) is 16.3. The molecule has 0 unspecified atom stereocenters. The topological polar surface area (TPSA) is 81.9 Å². The van der Waals surface area contributed by atoms with E-state index in [2.05, 4.69) is 20.8 Å². The molecule has 1 aliphatic carbocycles. The van der Waals surface area contributed by atoms with Crippen molar-refractivity contribution in [3.05, 3.63) is 70.0 Å². The van der Waals surface area contributed by atoms with Crippen LogP contribution in [0.1, 0.15) is 50.9 Å². The third kappa shape index (κ3) is 6.56. The van der Waals surface area contributed by atoms with Gasteiger partial charge in [0.15, 0.2) is 11.4 Å². The van der Waals surface area contributed by atoms with Gasteiger partial charge in [0.25, 0.3) is 0 Å². The molecule has 34 heavy (non-hydrogen) atoms. The van der Waals surface area contributed by atoms with Crippen LogP contribution in [0.2, 0.25) is 0 Å². The lowest BCUT2D eigenvalue weighted by Gasteiger charge is -2.22. The van der Waals surface area contributed by atoms with Crippen LogP contribution in [-0.2, 0) is 12.7 Å². The van der Waals surface area contributed by atoms with Crippen molar-refractivity contribution in [2.45, 2.75) is 31.5 Å². The normalized spacial score (nSPS) is 12.9. The molecule has 1 N–H and O–H groups in total. The summed E-state index contributed by atoms with van der Waals surface area (Å²) in [4.78, 5) is 22.2. The van der Waals surface area contributed by atoms with Crippen LogP contribution < -0.4 is 9.62 Å². The minimum Gasteiger partial charge on any atom is -0.313 e. The average Bonchev–Trinajstić information content (AvgIpc) is 3.61. The van der Waals surface area contributed by atoms with Gasteiger partial charge in [0.1, 0.15) is 11.4 Å². The summed E-state index contributed by atoms with van der Waals surface area (Å²) in [5.41, 5.74) is 1.21. The molecule has 6 nitrogen and oxygen atoms in total. The molecule has 0 saturated heterocycles. The minimum absolute atomic E-state index is 0.215. The Kier molecular flexibility index (Phi) is 8.66. The monoisotopic (exact) mass is 505 g/mol. The molecule has 11 heteroatoms. The van der Waals surface area contributed by atoms with Gasteiger partial charge in [-0.2, -0.15) is 18.4 Å². The number of aromatic nitrogens is 2. The van der Waals surface area contributed by atoms with E-state index in [9.17, 15) is 18.0 Å². The summed E-state index contributed by atoms with van der Waals surface area (Å²) in [6.07, 6.45) is 1.45. The summed E-state index contributed by atoms with van der Waals surface area (Å²) in [6, 6.07) is 11.2. The molecule has 0 aliphatic heterocycles. The molecular weight excluding hydrogens is 483 g/mol. The predicted octanol–water partition coefficient (Wildman–Crippen LogP) is 5.94. The molecule has 2 heterocycles. The number of benzene rings is 1. The summed E-state index contributed by atoms with van der Waals surface area (Å²) in [5.74, 6) is 0.340.